The highest BCUT2D eigenvalue weighted by atomic mass is 19.1. The fraction of sp³-hybridized carbons (Fsp3) is 0.571. The van der Waals surface area contributed by atoms with E-state index in [9.17, 15) is 4.39 Å². The van der Waals surface area contributed by atoms with Gasteiger partial charge in [-0.3, -0.25) is 0 Å². The second kappa shape index (κ2) is 6.60. The van der Waals surface area contributed by atoms with Crippen LogP contribution in [-0.2, 0) is 0 Å². The van der Waals surface area contributed by atoms with Gasteiger partial charge in [-0.1, -0.05) is 45.2 Å². The van der Waals surface area contributed by atoms with Crippen molar-refractivity contribution in [3.8, 4) is 0 Å². The molecule has 0 N–H and O–H groups in total. The average molecular weight is 208 g/mol. The van der Waals surface area contributed by atoms with Gasteiger partial charge in [-0.05, 0) is 36.5 Å². The summed E-state index contributed by atoms with van der Waals surface area (Å²) in [5.74, 6) is 0.441. The molecule has 0 bridgehead atoms. The van der Waals surface area contributed by atoms with E-state index in [2.05, 4.69) is 19.9 Å². The summed E-state index contributed by atoms with van der Waals surface area (Å²) in [7, 11) is 0. The number of unbranched alkanes of at least 4 members (excludes halogenated alkanes) is 1. The molecule has 0 aliphatic carbocycles. The zero-order valence-corrected chi connectivity index (χ0v) is 9.80. The zero-order chi connectivity index (χ0) is 11.1. The average Bonchev–Trinajstić information content (AvgIpc) is 2.24. The van der Waals surface area contributed by atoms with E-state index in [0.29, 0.717) is 5.92 Å². The number of hydrogen-bond donors (Lipinski definition) is 0. The Balaban J connectivity index is 2.69. The first kappa shape index (κ1) is 12.2. The van der Waals surface area contributed by atoms with Crippen molar-refractivity contribution in [2.24, 2.45) is 0 Å². The molecule has 0 aliphatic rings. The monoisotopic (exact) mass is 208 g/mol. The third-order valence-electron chi connectivity index (χ3n) is 2.86. The molecular formula is C14H21F. The van der Waals surface area contributed by atoms with Crippen LogP contribution in [0.3, 0.4) is 0 Å². The number of hydrogen-bond acceptors (Lipinski definition) is 0. The maximum absolute atomic E-state index is 13.1. The van der Waals surface area contributed by atoms with Crippen LogP contribution in [0.25, 0.3) is 0 Å². The predicted octanol–water partition coefficient (Wildman–Crippen LogP) is 4.90. The number of halogens is 1. The van der Waals surface area contributed by atoms with Crippen molar-refractivity contribution >= 4 is 0 Å². The van der Waals surface area contributed by atoms with E-state index in [1.54, 1.807) is 6.07 Å². The summed E-state index contributed by atoms with van der Waals surface area (Å²) in [6.07, 6.45) is 5.98. The standard InChI is InChI=1S/C14H21F/c1-3-5-8-12(7-4-2)13-9-6-10-14(15)11-13/h6,9-12H,3-5,7-8H2,1-2H3. The molecule has 0 amide bonds. The Morgan fingerprint density at radius 3 is 2.53 bits per heavy atom. The largest absolute Gasteiger partial charge is 0.207 e. The Labute approximate surface area is 92.5 Å². The van der Waals surface area contributed by atoms with E-state index in [0.717, 1.165) is 0 Å². The van der Waals surface area contributed by atoms with Crippen molar-refractivity contribution in [3.05, 3.63) is 35.6 Å². The first-order chi connectivity index (χ1) is 7.27. The summed E-state index contributed by atoms with van der Waals surface area (Å²) in [5, 5.41) is 0. The van der Waals surface area contributed by atoms with Crippen molar-refractivity contribution in [2.75, 3.05) is 0 Å². The fourth-order valence-electron chi connectivity index (χ4n) is 2.04. The number of rotatable bonds is 6. The van der Waals surface area contributed by atoms with E-state index in [-0.39, 0.29) is 5.82 Å². The molecule has 0 aromatic heterocycles. The highest BCUT2D eigenvalue weighted by Crippen LogP contribution is 2.27. The van der Waals surface area contributed by atoms with Gasteiger partial charge in [0.05, 0.1) is 0 Å². The Morgan fingerprint density at radius 2 is 1.93 bits per heavy atom. The third-order valence-corrected chi connectivity index (χ3v) is 2.86. The maximum atomic E-state index is 13.1. The maximum Gasteiger partial charge on any atom is 0.123 e. The molecule has 0 aliphatic heterocycles. The molecule has 1 aromatic rings. The molecule has 0 heterocycles. The van der Waals surface area contributed by atoms with Gasteiger partial charge in [-0.2, -0.15) is 0 Å². The van der Waals surface area contributed by atoms with E-state index in [1.807, 2.05) is 6.07 Å². The molecule has 0 saturated carbocycles. The molecule has 1 rings (SSSR count). The summed E-state index contributed by atoms with van der Waals surface area (Å²) in [5.41, 5.74) is 1.17. The van der Waals surface area contributed by atoms with Crippen LogP contribution in [0.2, 0.25) is 0 Å². The summed E-state index contributed by atoms with van der Waals surface area (Å²) in [4.78, 5) is 0. The van der Waals surface area contributed by atoms with Crippen LogP contribution in [0.5, 0.6) is 0 Å². The van der Waals surface area contributed by atoms with Crippen molar-refractivity contribution in [2.45, 2.75) is 51.9 Å². The lowest BCUT2D eigenvalue weighted by Gasteiger charge is -2.16. The molecule has 0 saturated heterocycles. The van der Waals surface area contributed by atoms with Gasteiger partial charge in [-0.15, -0.1) is 0 Å². The molecule has 0 radical (unpaired) electrons. The van der Waals surface area contributed by atoms with Gasteiger partial charge in [-0.25, -0.2) is 4.39 Å². The molecule has 1 aromatic carbocycles. The number of benzene rings is 1. The summed E-state index contributed by atoms with van der Waals surface area (Å²) in [6.45, 7) is 4.40. The van der Waals surface area contributed by atoms with Crippen LogP contribution >= 0.6 is 0 Å². The first-order valence-electron chi connectivity index (χ1n) is 6.03. The second-order valence-electron chi connectivity index (χ2n) is 4.18. The van der Waals surface area contributed by atoms with Gasteiger partial charge in [0, 0.05) is 0 Å². The van der Waals surface area contributed by atoms with Gasteiger partial charge in [0.15, 0.2) is 0 Å². The Hall–Kier alpha value is -0.850. The van der Waals surface area contributed by atoms with Crippen LogP contribution in [0.4, 0.5) is 4.39 Å². The molecule has 1 atom stereocenters. The van der Waals surface area contributed by atoms with Crippen LogP contribution in [0.1, 0.15) is 57.4 Å². The van der Waals surface area contributed by atoms with Crippen molar-refractivity contribution in [1.82, 2.24) is 0 Å². The third kappa shape index (κ3) is 4.03. The van der Waals surface area contributed by atoms with Crippen LogP contribution in [0.15, 0.2) is 24.3 Å². The van der Waals surface area contributed by atoms with Crippen LogP contribution in [-0.4, -0.2) is 0 Å². The topological polar surface area (TPSA) is 0 Å². The molecule has 0 fully saturated rings. The van der Waals surface area contributed by atoms with Gasteiger partial charge < -0.3 is 0 Å². The molecule has 1 heteroatoms. The molecule has 0 nitrogen and oxygen atoms in total. The van der Waals surface area contributed by atoms with Crippen molar-refractivity contribution < 1.29 is 4.39 Å². The van der Waals surface area contributed by atoms with Gasteiger partial charge in [0.1, 0.15) is 5.82 Å². The lowest BCUT2D eigenvalue weighted by Crippen LogP contribution is -1.99. The van der Waals surface area contributed by atoms with Crippen LogP contribution < -0.4 is 0 Å². The SMILES string of the molecule is CCCCC(CCC)c1cccc(F)c1. The molecular weight excluding hydrogens is 187 g/mol. The second-order valence-corrected chi connectivity index (χ2v) is 4.18. The predicted molar refractivity (Wildman–Crippen MR) is 63.6 cm³/mol. The van der Waals surface area contributed by atoms with Crippen molar-refractivity contribution in [3.63, 3.8) is 0 Å². The molecule has 0 spiro atoms. The van der Waals surface area contributed by atoms with Gasteiger partial charge >= 0.3 is 0 Å². The minimum absolute atomic E-state index is 0.106. The van der Waals surface area contributed by atoms with E-state index >= 15 is 0 Å². The Morgan fingerprint density at radius 1 is 1.13 bits per heavy atom. The lowest BCUT2D eigenvalue weighted by molar-refractivity contribution is 0.535. The van der Waals surface area contributed by atoms with E-state index in [4.69, 9.17) is 0 Å². The lowest BCUT2D eigenvalue weighted by atomic mass is 9.90. The highest BCUT2D eigenvalue weighted by molar-refractivity contribution is 5.20. The molecule has 84 valence electrons. The van der Waals surface area contributed by atoms with E-state index < -0.39 is 0 Å². The normalized spacial score (nSPS) is 12.7. The first-order valence-corrected chi connectivity index (χ1v) is 6.03. The Bertz CT molecular complexity index is 280. The molecule has 15 heavy (non-hydrogen) atoms. The minimum atomic E-state index is -0.106. The summed E-state index contributed by atoms with van der Waals surface area (Å²) >= 11 is 0. The van der Waals surface area contributed by atoms with Gasteiger partial charge in [0.2, 0.25) is 0 Å². The highest BCUT2D eigenvalue weighted by Gasteiger charge is 2.10. The fourth-order valence-corrected chi connectivity index (χ4v) is 2.04. The summed E-state index contributed by atoms with van der Waals surface area (Å²) in [6, 6.07) is 7.08. The Kier molecular flexibility index (Phi) is 5.38. The molecule has 1 unspecified atom stereocenters. The van der Waals surface area contributed by atoms with Gasteiger partial charge in [0.25, 0.3) is 0 Å². The van der Waals surface area contributed by atoms with Crippen molar-refractivity contribution in [1.29, 1.82) is 0 Å². The quantitative estimate of drug-likeness (QED) is 0.623. The minimum Gasteiger partial charge on any atom is -0.207 e. The van der Waals surface area contributed by atoms with E-state index in [1.165, 1.54) is 43.7 Å². The summed E-state index contributed by atoms with van der Waals surface area (Å²) < 4.78 is 13.1. The van der Waals surface area contributed by atoms with Crippen LogP contribution in [0, 0.1) is 5.82 Å². The smallest absolute Gasteiger partial charge is 0.123 e. The zero-order valence-electron chi connectivity index (χ0n) is 9.80.